The SMILES string of the molecule is CCCCCNC(=O)c1cc(C)nc(NCCc2ccc(F)cc2)n1. The molecule has 0 saturated heterocycles. The molecule has 6 heteroatoms. The molecule has 1 aromatic carbocycles. The van der Waals surface area contributed by atoms with E-state index >= 15 is 0 Å². The van der Waals surface area contributed by atoms with Crippen LogP contribution >= 0.6 is 0 Å². The number of nitrogens with one attached hydrogen (secondary N) is 2. The molecule has 2 rings (SSSR count). The first-order valence-corrected chi connectivity index (χ1v) is 8.70. The number of nitrogens with zero attached hydrogens (tertiary/aromatic N) is 2. The lowest BCUT2D eigenvalue weighted by Gasteiger charge is -2.09. The Bertz CT molecular complexity index is 688. The van der Waals surface area contributed by atoms with Crippen LogP contribution in [0.25, 0.3) is 0 Å². The predicted molar refractivity (Wildman–Crippen MR) is 97.2 cm³/mol. The highest BCUT2D eigenvalue weighted by Crippen LogP contribution is 2.07. The number of hydrogen-bond acceptors (Lipinski definition) is 4. The van der Waals surface area contributed by atoms with Crippen LogP contribution in [0.3, 0.4) is 0 Å². The number of aryl methyl sites for hydroxylation is 1. The molecule has 0 radical (unpaired) electrons. The number of carbonyl (C=O) groups is 1. The van der Waals surface area contributed by atoms with Crippen LogP contribution in [0.15, 0.2) is 30.3 Å². The van der Waals surface area contributed by atoms with Gasteiger partial charge in [-0.05, 0) is 43.5 Å². The zero-order valence-electron chi connectivity index (χ0n) is 14.8. The van der Waals surface area contributed by atoms with E-state index in [1.807, 2.05) is 6.92 Å². The smallest absolute Gasteiger partial charge is 0.270 e. The summed E-state index contributed by atoms with van der Waals surface area (Å²) in [4.78, 5) is 20.8. The van der Waals surface area contributed by atoms with Crippen LogP contribution in [0.5, 0.6) is 0 Å². The molecular formula is C19H25FN4O. The van der Waals surface area contributed by atoms with Gasteiger partial charge in [-0.25, -0.2) is 14.4 Å². The Morgan fingerprint density at radius 2 is 1.88 bits per heavy atom. The summed E-state index contributed by atoms with van der Waals surface area (Å²) in [6.45, 7) is 5.22. The van der Waals surface area contributed by atoms with Gasteiger partial charge in [0.2, 0.25) is 5.95 Å². The molecule has 1 aromatic heterocycles. The second-order valence-electron chi connectivity index (χ2n) is 5.98. The Kier molecular flexibility index (Phi) is 7.32. The summed E-state index contributed by atoms with van der Waals surface area (Å²) in [6.07, 6.45) is 3.90. The first kappa shape index (κ1) is 18.8. The molecule has 0 atom stereocenters. The van der Waals surface area contributed by atoms with Crippen LogP contribution in [-0.2, 0) is 6.42 Å². The Labute approximate surface area is 148 Å². The van der Waals surface area contributed by atoms with Crippen molar-refractivity contribution in [1.82, 2.24) is 15.3 Å². The highest BCUT2D eigenvalue weighted by molar-refractivity contribution is 5.92. The Hall–Kier alpha value is -2.50. The molecule has 0 aliphatic heterocycles. The van der Waals surface area contributed by atoms with E-state index in [0.717, 1.165) is 36.9 Å². The molecule has 0 aliphatic carbocycles. The molecule has 0 aliphatic rings. The number of anilines is 1. The minimum absolute atomic E-state index is 0.178. The van der Waals surface area contributed by atoms with Gasteiger partial charge >= 0.3 is 0 Å². The Balaban J connectivity index is 1.89. The Morgan fingerprint density at radius 1 is 1.12 bits per heavy atom. The summed E-state index contributed by atoms with van der Waals surface area (Å²) < 4.78 is 12.9. The fourth-order valence-corrected chi connectivity index (χ4v) is 2.40. The van der Waals surface area contributed by atoms with Gasteiger partial charge in [0, 0.05) is 18.8 Å². The zero-order chi connectivity index (χ0) is 18.1. The van der Waals surface area contributed by atoms with E-state index in [2.05, 4.69) is 27.5 Å². The Morgan fingerprint density at radius 3 is 2.60 bits per heavy atom. The van der Waals surface area contributed by atoms with Crippen LogP contribution in [0.1, 0.15) is 47.9 Å². The van der Waals surface area contributed by atoms with Gasteiger partial charge in [-0.1, -0.05) is 31.9 Å². The molecular weight excluding hydrogens is 319 g/mol. The maximum Gasteiger partial charge on any atom is 0.270 e. The monoisotopic (exact) mass is 344 g/mol. The van der Waals surface area contributed by atoms with E-state index in [1.54, 1.807) is 18.2 Å². The molecule has 2 aromatic rings. The molecule has 5 nitrogen and oxygen atoms in total. The van der Waals surface area contributed by atoms with E-state index in [1.165, 1.54) is 12.1 Å². The van der Waals surface area contributed by atoms with E-state index < -0.39 is 0 Å². The summed E-state index contributed by atoms with van der Waals surface area (Å²) in [5, 5.41) is 6.01. The van der Waals surface area contributed by atoms with Gasteiger partial charge in [0.15, 0.2) is 0 Å². The zero-order valence-corrected chi connectivity index (χ0v) is 14.8. The second-order valence-corrected chi connectivity index (χ2v) is 5.98. The quantitative estimate of drug-likeness (QED) is 0.683. The number of halogens is 1. The average Bonchev–Trinajstić information content (AvgIpc) is 2.60. The van der Waals surface area contributed by atoms with Gasteiger partial charge in [0.05, 0.1) is 0 Å². The fourth-order valence-electron chi connectivity index (χ4n) is 2.40. The molecule has 0 saturated carbocycles. The predicted octanol–water partition coefficient (Wildman–Crippen LogP) is 3.50. The number of benzene rings is 1. The molecule has 2 N–H and O–H groups in total. The summed E-state index contributed by atoms with van der Waals surface area (Å²) >= 11 is 0. The number of amides is 1. The molecule has 0 fully saturated rings. The van der Waals surface area contributed by atoms with Gasteiger partial charge in [-0.2, -0.15) is 0 Å². The van der Waals surface area contributed by atoms with Crippen molar-refractivity contribution >= 4 is 11.9 Å². The largest absolute Gasteiger partial charge is 0.354 e. The molecule has 0 unspecified atom stereocenters. The van der Waals surface area contributed by atoms with E-state index in [9.17, 15) is 9.18 Å². The molecule has 1 heterocycles. The summed E-state index contributed by atoms with van der Waals surface area (Å²) in [5.41, 5.74) is 2.13. The number of rotatable bonds is 9. The molecule has 0 bridgehead atoms. The van der Waals surface area contributed by atoms with Crippen molar-refractivity contribution in [1.29, 1.82) is 0 Å². The summed E-state index contributed by atoms with van der Waals surface area (Å²) in [5.74, 6) is 0.0114. The molecule has 0 spiro atoms. The third kappa shape index (κ3) is 6.49. The van der Waals surface area contributed by atoms with Crippen molar-refractivity contribution in [3.63, 3.8) is 0 Å². The molecule has 134 valence electrons. The van der Waals surface area contributed by atoms with Crippen LogP contribution in [0, 0.1) is 12.7 Å². The fraction of sp³-hybridized carbons (Fsp3) is 0.421. The van der Waals surface area contributed by atoms with Crippen molar-refractivity contribution in [3.8, 4) is 0 Å². The van der Waals surface area contributed by atoms with Crippen molar-refractivity contribution in [2.24, 2.45) is 0 Å². The highest BCUT2D eigenvalue weighted by Gasteiger charge is 2.10. The van der Waals surface area contributed by atoms with Crippen LogP contribution in [0.4, 0.5) is 10.3 Å². The van der Waals surface area contributed by atoms with Crippen LogP contribution in [0.2, 0.25) is 0 Å². The number of unbranched alkanes of at least 4 members (excludes halogenated alkanes) is 2. The minimum atomic E-state index is -0.242. The second kappa shape index (κ2) is 9.71. The van der Waals surface area contributed by atoms with Crippen molar-refractivity contribution in [3.05, 3.63) is 53.1 Å². The lowest BCUT2D eigenvalue weighted by molar-refractivity contribution is 0.0948. The van der Waals surface area contributed by atoms with E-state index in [4.69, 9.17) is 0 Å². The molecule has 1 amide bonds. The lowest BCUT2D eigenvalue weighted by atomic mass is 10.1. The van der Waals surface area contributed by atoms with Gasteiger partial charge in [-0.3, -0.25) is 4.79 Å². The number of carbonyl (C=O) groups excluding carboxylic acids is 1. The van der Waals surface area contributed by atoms with Crippen molar-refractivity contribution < 1.29 is 9.18 Å². The number of aromatic nitrogens is 2. The van der Waals surface area contributed by atoms with Crippen molar-refractivity contribution in [2.75, 3.05) is 18.4 Å². The number of hydrogen-bond donors (Lipinski definition) is 2. The first-order valence-electron chi connectivity index (χ1n) is 8.70. The van der Waals surface area contributed by atoms with Crippen LogP contribution in [-0.4, -0.2) is 29.0 Å². The average molecular weight is 344 g/mol. The molecule has 25 heavy (non-hydrogen) atoms. The van der Waals surface area contributed by atoms with E-state index in [-0.39, 0.29) is 11.7 Å². The summed E-state index contributed by atoms with van der Waals surface area (Å²) in [6, 6.07) is 8.08. The summed E-state index contributed by atoms with van der Waals surface area (Å²) in [7, 11) is 0. The van der Waals surface area contributed by atoms with Gasteiger partial charge in [0.25, 0.3) is 5.91 Å². The first-order chi connectivity index (χ1) is 12.1. The van der Waals surface area contributed by atoms with E-state index in [0.29, 0.717) is 24.7 Å². The highest BCUT2D eigenvalue weighted by atomic mass is 19.1. The minimum Gasteiger partial charge on any atom is -0.354 e. The third-order valence-corrected chi connectivity index (χ3v) is 3.76. The van der Waals surface area contributed by atoms with Crippen molar-refractivity contribution in [2.45, 2.75) is 39.5 Å². The topological polar surface area (TPSA) is 66.9 Å². The van der Waals surface area contributed by atoms with Crippen LogP contribution < -0.4 is 10.6 Å². The normalized spacial score (nSPS) is 10.5. The third-order valence-electron chi connectivity index (χ3n) is 3.76. The van der Waals surface area contributed by atoms with Gasteiger partial charge in [-0.15, -0.1) is 0 Å². The maximum atomic E-state index is 12.9. The standard InChI is InChI=1S/C19H25FN4O/c1-3-4-5-11-21-18(25)17-13-14(2)23-19(24-17)22-12-10-15-6-8-16(20)9-7-15/h6-9,13H,3-5,10-12H2,1-2H3,(H,21,25)(H,22,23,24). The van der Waals surface area contributed by atoms with Gasteiger partial charge < -0.3 is 10.6 Å². The van der Waals surface area contributed by atoms with Gasteiger partial charge in [0.1, 0.15) is 11.5 Å². The maximum absolute atomic E-state index is 12.9. The lowest BCUT2D eigenvalue weighted by Crippen LogP contribution is -2.26.